The van der Waals surface area contributed by atoms with Crippen molar-refractivity contribution < 1.29 is 14.3 Å². The molecule has 2 aromatic carbocycles. The molecule has 0 radical (unpaired) electrons. The van der Waals surface area contributed by atoms with Gasteiger partial charge in [0.2, 0.25) is 5.91 Å². The minimum Gasteiger partial charge on any atom is -0.497 e. The van der Waals surface area contributed by atoms with Crippen molar-refractivity contribution in [2.24, 2.45) is 0 Å². The molecule has 5 nitrogen and oxygen atoms in total. The Balaban J connectivity index is 1.52. The zero-order valence-corrected chi connectivity index (χ0v) is 17.9. The zero-order chi connectivity index (χ0) is 20.6. The molecule has 1 unspecified atom stereocenters. The van der Waals surface area contributed by atoms with Crippen LogP contribution in [0, 0.1) is 0 Å². The largest absolute Gasteiger partial charge is 0.497 e. The number of carbonyl (C=O) groups excluding carboxylic acids is 1. The Labute approximate surface area is 179 Å². The van der Waals surface area contributed by atoms with Gasteiger partial charge in [-0.05, 0) is 48.4 Å². The van der Waals surface area contributed by atoms with E-state index in [-0.39, 0.29) is 18.4 Å². The summed E-state index contributed by atoms with van der Waals surface area (Å²) in [5, 5.41) is 6.47. The van der Waals surface area contributed by atoms with Crippen molar-refractivity contribution in [3.63, 3.8) is 0 Å². The maximum absolute atomic E-state index is 12.5. The van der Waals surface area contributed by atoms with E-state index >= 15 is 0 Å². The predicted octanol–water partition coefficient (Wildman–Crippen LogP) is 5.19. The maximum Gasteiger partial charge on any atom is 0.226 e. The van der Waals surface area contributed by atoms with Gasteiger partial charge in [-0.25, -0.2) is 4.98 Å². The number of thiazole rings is 1. The summed E-state index contributed by atoms with van der Waals surface area (Å²) in [7, 11) is 1.64. The SMILES string of the molecule is CCC(NC(=O)Cc1csc(COc2ccc(Cl)cc2)n1)c1ccc(OC)cc1. The molecule has 1 heterocycles. The van der Waals surface area contributed by atoms with Crippen molar-refractivity contribution in [2.45, 2.75) is 32.4 Å². The molecule has 0 saturated heterocycles. The Hall–Kier alpha value is -2.57. The van der Waals surface area contributed by atoms with Crippen molar-refractivity contribution in [1.29, 1.82) is 0 Å². The highest BCUT2D eigenvalue weighted by Gasteiger charge is 2.15. The van der Waals surface area contributed by atoms with Gasteiger partial charge in [0.05, 0.1) is 25.3 Å². The third-order valence-corrected chi connectivity index (χ3v) is 5.50. The topological polar surface area (TPSA) is 60.5 Å². The fourth-order valence-electron chi connectivity index (χ4n) is 2.84. The summed E-state index contributed by atoms with van der Waals surface area (Å²) in [5.41, 5.74) is 1.80. The number of benzene rings is 2. The van der Waals surface area contributed by atoms with E-state index < -0.39 is 0 Å². The Morgan fingerprint density at radius 2 is 1.83 bits per heavy atom. The van der Waals surface area contributed by atoms with E-state index in [1.807, 2.05) is 48.7 Å². The van der Waals surface area contributed by atoms with Crippen LogP contribution in [-0.2, 0) is 17.8 Å². The zero-order valence-electron chi connectivity index (χ0n) is 16.4. The first-order valence-corrected chi connectivity index (χ1v) is 10.6. The Morgan fingerprint density at radius 1 is 1.14 bits per heavy atom. The lowest BCUT2D eigenvalue weighted by Crippen LogP contribution is -2.29. The Morgan fingerprint density at radius 3 is 2.48 bits per heavy atom. The summed E-state index contributed by atoms with van der Waals surface area (Å²) in [5.74, 6) is 1.48. The van der Waals surface area contributed by atoms with Crippen LogP contribution in [-0.4, -0.2) is 18.0 Å². The van der Waals surface area contributed by atoms with Crippen LogP contribution >= 0.6 is 22.9 Å². The van der Waals surface area contributed by atoms with E-state index in [1.54, 1.807) is 19.2 Å². The lowest BCUT2D eigenvalue weighted by molar-refractivity contribution is -0.121. The van der Waals surface area contributed by atoms with E-state index in [4.69, 9.17) is 21.1 Å². The molecule has 0 saturated carbocycles. The molecule has 0 aliphatic carbocycles. The highest BCUT2D eigenvalue weighted by atomic mass is 35.5. The van der Waals surface area contributed by atoms with Crippen molar-refractivity contribution in [3.8, 4) is 11.5 Å². The molecule has 152 valence electrons. The van der Waals surface area contributed by atoms with Gasteiger partial charge in [-0.15, -0.1) is 11.3 Å². The fraction of sp³-hybridized carbons (Fsp3) is 0.273. The summed E-state index contributed by atoms with van der Waals surface area (Å²) in [4.78, 5) is 17.0. The van der Waals surface area contributed by atoms with Crippen molar-refractivity contribution >= 4 is 28.8 Å². The van der Waals surface area contributed by atoms with E-state index in [1.165, 1.54) is 11.3 Å². The van der Waals surface area contributed by atoms with Gasteiger partial charge < -0.3 is 14.8 Å². The Bertz CT molecular complexity index is 926. The molecule has 1 amide bonds. The van der Waals surface area contributed by atoms with Gasteiger partial charge >= 0.3 is 0 Å². The number of nitrogens with zero attached hydrogens (tertiary/aromatic N) is 1. The Kier molecular flexibility index (Phi) is 7.49. The monoisotopic (exact) mass is 430 g/mol. The van der Waals surface area contributed by atoms with Gasteiger partial charge in [-0.2, -0.15) is 0 Å². The molecule has 3 rings (SSSR count). The van der Waals surface area contributed by atoms with Gasteiger partial charge in [0.15, 0.2) is 0 Å². The van der Waals surface area contributed by atoms with Crippen LogP contribution in [0.1, 0.15) is 35.7 Å². The van der Waals surface area contributed by atoms with Gasteiger partial charge in [0, 0.05) is 10.4 Å². The summed E-state index contributed by atoms with van der Waals surface area (Å²) < 4.78 is 10.9. The number of ether oxygens (including phenoxy) is 2. The first-order chi connectivity index (χ1) is 14.1. The molecule has 1 atom stereocenters. The molecule has 1 N–H and O–H groups in total. The number of methoxy groups -OCH3 is 1. The third kappa shape index (κ3) is 6.21. The third-order valence-electron chi connectivity index (χ3n) is 4.38. The van der Waals surface area contributed by atoms with E-state index in [2.05, 4.69) is 10.3 Å². The molecule has 0 fully saturated rings. The lowest BCUT2D eigenvalue weighted by atomic mass is 10.0. The number of aromatic nitrogens is 1. The van der Waals surface area contributed by atoms with Gasteiger partial charge in [0.25, 0.3) is 0 Å². The molecule has 0 spiro atoms. The summed E-state index contributed by atoms with van der Waals surface area (Å²) in [6, 6.07) is 14.9. The average molecular weight is 431 g/mol. The van der Waals surface area contributed by atoms with Crippen LogP contribution in [0.15, 0.2) is 53.9 Å². The van der Waals surface area contributed by atoms with Crippen LogP contribution < -0.4 is 14.8 Å². The maximum atomic E-state index is 12.5. The first-order valence-electron chi connectivity index (χ1n) is 9.32. The van der Waals surface area contributed by atoms with Crippen LogP contribution in [0.4, 0.5) is 0 Å². The summed E-state index contributed by atoms with van der Waals surface area (Å²) >= 11 is 7.35. The number of rotatable bonds is 9. The van der Waals surface area contributed by atoms with E-state index in [9.17, 15) is 4.79 Å². The quantitative estimate of drug-likeness (QED) is 0.507. The number of halogens is 1. The molecule has 3 aromatic rings. The predicted molar refractivity (Wildman–Crippen MR) is 116 cm³/mol. The van der Waals surface area contributed by atoms with Crippen LogP contribution in [0.25, 0.3) is 0 Å². The van der Waals surface area contributed by atoms with Crippen molar-refractivity contribution in [3.05, 3.63) is 75.2 Å². The molecular weight excluding hydrogens is 408 g/mol. The lowest BCUT2D eigenvalue weighted by Gasteiger charge is -2.17. The van der Waals surface area contributed by atoms with Crippen LogP contribution in [0.5, 0.6) is 11.5 Å². The molecule has 29 heavy (non-hydrogen) atoms. The fourth-order valence-corrected chi connectivity index (χ4v) is 3.67. The van der Waals surface area contributed by atoms with E-state index in [0.29, 0.717) is 11.6 Å². The van der Waals surface area contributed by atoms with Gasteiger partial charge in [-0.1, -0.05) is 30.7 Å². The number of nitrogens with one attached hydrogen (secondary N) is 1. The minimum atomic E-state index is -0.0527. The normalized spacial score (nSPS) is 11.7. The van der Waals surface area contributed by atoms with Crippen molar-refractivity contribution in [1.82, 2.24) is 10.3 Å². The average Bonchev–Trinajstić information content (AvgIpc) is 3.19. The van der Waals surface area contributed by atoms with E-state index in [0.717, 1.165) is 34.2 Å². The van der Waals surface area contributed by atoms with Crippen LogP contribution in [0.2, 0.25) is 5.02 Å². The number of hydrogen-bond donors (Lipinski definition) is 1. The molecule has 7 heteroatoms. The second-order valence-electron chi connectivity index (χ2n) is 6.45. The van der Waals surface area contributed by atoms with Crippen LogP contribution in [0.3, 0.4) is 0 Å². The molecule has 0 bridgehead atoms. The van der Waals surface area contributed by atoms with Gasteiger partial charge in [-0.3, -0.25) is 4.79 Å². The highest BCUT2D eigenvalue weighted by Crippen LogP contribution is 2.21. The number of carbonyl (C=O) groups is 1. The smallest absolute Gasteiger partial charge is 0.226 e. The number of amides is 1. The minimum absolute atomic E-state index is 0.0419. The number of hydrogen-bond acceptors (Lipinski definition) is 5. The summed E-state index contributed by atoms with van der Waals surface area (Å²) in [6.07, 6.45) is 1.04. The summed E-state index contributed by atoms with van der Waals surface area (Å²) in [6.45, 7) is 2.40. The van der Waals surface area contributed by atoms with Crippen molar-refractivity contribution in [2.75, 3.05) is 7.11 Å². The molecular formula is C22H23ClN2O3S. The highest BCUT2D eigenvalue weighted by molar-refractivity contribution is 7.09. The molecule has 0 aliphatic rings. The standard InChI is InChI=1S/C22H23ClN2O3S/c1-3-20(15-4-8-18(27-2)9-5-15)25-21(26)12-17-14-29-22(24-17)13-28-19-10-6-16(23)7-11-19/h4-11,14,20H,3,12-13H2,1-2H3,(H,25,26). The molecule has 1 aromatic heterocycles. The second kappa shape index (κ2) is 10.3. The van der Waals surface area contributed by atoms with Gasteiger partial charge in [0.1, 0.15) is 23.1 Å². The first kappa shape index (κ1) is 21.1. The second-order valence-corrected chi connectivity index (χ2v) is 7.83. The molecule has 0 aliphatic heterocycles.